The van der Waals surface area contributed by atoms with Crippen molar-refractivity contribution in [2.45, 2.75) is 20.1 Å². The first-order valence-electron chi connectivity index (χ1n) is 4.93. The third-order valence-electron chi connectivity index (χ3n) is 1.71. The third kappa shape index (κ3) is 4.80. The molecule has 0 aromatic carbocycles. The number of allylic oxidation sites excluding steroid dienone is 1. The van der Waals surface area contributed by atoms with Gasteiger partial charge in [-0.3, -0.25) is 0 Å². The summed E-state index contributed by atoms with van der Waals surface area (Å²) in [5.74, 6) is 0.0516. The zero-order chi connectivity index (χ0) is 11.1. The Bertz CT molecular complexity index is 230. The summed E-state index contributed by atoms with van der Waals surface area (Å²) in [6.45, 7) is 5.26. The Balaban J connectivity index is 2.32. The summed E-state index contributed by atoms with van der Waals surface area (Å²) in [5.41, 5.74) is 0. The highest BCUT2D eigenvalue weighted by atomic mass is 16.7. The largest absolute Gasteiger partial charge is 0.467 e. The van der Waals surface area contributed by atoms with Crippen LogP contribution in [0.3, 0.4) is 0 Å². The zero-order valence-electron chi connectivity index (χ0n) is 9.02. The molecule has 0 saturated carbocycles. The molecule has 1 rings (SSSR count). The van der Waals surface area contributed by atoms with Gasteiger partial charge in [0.1, 0.15) is 12.4 Å². The van der Waals surface area contributed by atoms with E-state index in [2.05, 4.69) is 0 Å². The second kappa shape index (κ2) is 6.42. The van der Waals surface area contributed by atoms with Crippen molar-refractivity contribution >= 4 is 5.97 Å². The highest BCUT2D eigenvalue weighted by Gasteiger charge is 2.15. The van der Waals surface area contributed by atoms with Gasteiger partial charge in [-0.05, 0) is 13.8 Å². The summed E-state index contributed by atoms with van der Waals surface area (Å²) in [5, 5.41) is 0. The monoisotopic (exact) mass is 216 g/mol. The van der Waals surface area contributed by atoms with Crippen molar-refractivity contribution < 1.29 is 23.7 Å². The van der Waals surface area contributed by atoms with Gasteiger partial charge in [-0.2, -0.15) is 0 Å². The molecule has 1 fully saturated rings. The van der Waals surface area contributed by atoms with Crippen LogP contribution in [0.1, 0.15) is 13.8 Å². The highest BCUT2D eigenvalue weighted by molar-refractivity contribution is 5.82. The van der Waals surface area contributed by atoms with Gasteiger partial charge in [-0.1, -0.05) is 0 Å². The molecule has 5 heteroatoms. The van der Waals surface area contributed by atoms with E-state index < -0.39 is 12.3 Å². The van der Waals surface area contributed by atoms with Crippen LogP contribution in [0.5, 0.6) is 0 Å². The van der Waals surface area contributed by atoms with Crippen LogP contribution >= 0.6 is 0 Å². The lowest BCUT2D eigenvalue weighted by Gasteiger charge is -2.23. The molecule has 5 nitrogen and oxygen atoms in total. The first kappa shape index (κ1) is 12.0. The molecule has 1 heterocycles. The van der Waals surface area contributed by atoms with Crippen molar-refractivity contribution in [2.24, 2.45) is 0 Å². The van der Waals surface area contributed by atoms with Gasteiger partial charge in [0, 0.05) is 0 Å². The van der Waals surface area contributed by atoms with Crippen LogP contribution in [0.25, 0.3) is 0 Å². The Kier molecular flexibility index (Phi) is 5.14. The van der Waals surface area contributed by atoms with E-state index >= 15 is 0 Å². The Morgan fingerprint density at radius 3 is 2.93 bits per heavy atom. The van der Waals surface area contributed by atoms with Gasteiger partial charge in [0.25, 0.3) is 0 Å². The molecular formula is C10H16O5. The van der Waals surface area contributed by atoms with Gasteiger partial charge in [0.2, 0.25) is 6.29 Å². The quantitative estimate of drug-likeness (QED) is 0.396. The van der Waals surface area contributed by atoms with E-state index in [1.54, 1.807) is 13.8 Å². The molecule has 1 aliphatic rings. The third-order valence-corrected chi connectivity index (χ3v) is 1.71. The van der Waals surface area contributed by atoms with Gasteiger partial charge >= 0.3 is 5.97 Å². The van der Waals surface area contributed by atoms with E-state index in [9.17, 15) is 4.79 Å². The summed E-state index contributed by atoms with van der Waals surface area (Å²) in [4.78, 5) is 11.0. The molecule has 0 spiro atoms. The van der Waals surface area contributed by atoms with Crippen molar-refractivity contribution in [3.05, 3.63) is 11.8 Å². The fourth-order valence-corrected chi connectivity index (χ4v) is 1.13. The summed E-state index contributed by atoms with van der Waals surface area (Å²) >= 11 is 0. The van der Waals surface area contributed by atoms with Crippen LogP contribution in [-0.4, -0.2) is 38.7 Å². The van der Waals surface area contributed by atoms with E-state index in [1.807, 2.05) is 0 Å². The first-order valence-corrected chi connectivity index (χ1v) is 4.93. The molecular weight excluding hydrogens is 200 g/mol. The molecule has 0 amide bonds. The zero-order valence-corrected chi connectivity index (χ0v) is 9.02. The van der Waals surface area contributed by atoms with Crippen LogP contribution in [0, 0.1) is 0 Å². The van der Waals surface area contributed by atoms with Crippen molar-refractivity contribution in [3.8, 4) is 0 Å². The smallest absolute Gasteiger partial charge is 0.334 e. The number of carbonyl (C=O) groups excluding carboxylic acids is 1. The van der Waals surface area contributed by atoms with E-state index in [4.69, 9.17) is 18.9 Å². The molecule has 0 aromatic heterocycles. The van der Waals surface area contributed by atoms with Crippen LogP contribution < -0.4 is 0 Å². The number of ether oxygens (including phenoxy) is 4. The average molecular weight is 216 g/mol. The summed E-state index contributed by atoms with van der Waals surface area (Å²) < 4.78 is 20.4. The van der Waals surface area contributed by atoms with Crippen molar-refractivity contribution in [3.63, 3.8) is 0 Å². The van der Waals surface area contributed by atoms with Crippen LogP contribution in [0.2, 0.25) is 0 Å². The molecule has 86 valence electrons. The number of esters is 1. The lowest BCUT2D eigenvalue weighted by Crippen LogP contribution is -2.30. The minimum atomic E-state index is -0.426. The topological polar surface area (TPSA) is 54.0 Å². The number of hydrogen-bond acceptors (Lipinski definition) is 5. The normalized spacial score (nSPS) is 22.3. The van der Waals surface area contributed by atoms with Crippen LogP contribution in [0.15, 0.2) is 11.8 Å². The number of carbonyl (C=O) groups is 1. The van der Waals surface area contributed by atoms with Gasteiger partial charge in [-0.25, -0.2) is 4.79 Å². The SMILES string of the molecule is CCOC(=O)/C=C(/C)OC1COCCO1. The minimum absolute atomic E-state index is 0.353. The highest BCUT2D eigenvalue weighted by Crippen LogP contribution is 2.08. The van der Waals surface area contributed by atoms with Gasteiger partial charge in [-0.15, -0.1) is 0 Å². The second-order valence-corrected chi connectivity index (χ2v) is 3.00. The molecule has 0 radical (unpaired) electrons. The molecule has 0 aliphatic carbocycles. The molecule has 0 aromatic rings. The molecule has 1 saturated heterocycles. The molecule has 0 bridgehead atoms. The van der Waals surface area contributed by atoms with E-state index in [0.29, 0.717) is 32.2 Å². The van der Waals surface area contributed by atoms with Crippen LogP contribution in [0.4, 0.5) is 0 Å². The second-order valence-electron chi connectivity index (χ2n) is 3.00. The molecule has 15 heavy (non-hydrogen) atoms. The standard InChI is InChI=1S/C10H16O5/c1-3-13-9(11)6-8(2)15-10-7-12-4-5-14-10/h6,10H,3-5,7H2,1-2H3/b8-6-. The predicted octanol–water partition coefficient (Wildman–Crippen LogP) is 0.843. The van der Waals surface area contributed by atoms with Gasteiger partial charge in [0.05, 0.1) is 25.9 Å². The Hall–Kier alpha value is -1.07. The summed E-state index contributed by atoms with van der Waals surface area (Å²) in [7, 11) is 0. The van der Waals surface area contributed by atoms with E-state index in [1.165, 1.54) is 6.08 Å². The summed E-state index contributed by atoms with van der Waals surface area (Å²) in [6, 6.07) is 0. The van der Waals surface area contributed by atoms with Gasteiger partial charge in [0.15, 0.2) is 0 Å². The lowest BCUT2D eigenvalue weighted by atomic mass is 10.4. The average Bonchev–Trinajstić information content (AvgIpc) is 2.19. The van der Waals surface area contributed by atoms with Gasteiger partial charge < -0.3 is 18.9 Å². The van der Waals surface area contributed by atoms with Crippen molar-refractivity contribution in [1.82, 2.24) is 0 Å². The van der Waals surface area contributed by atoms with E-state index in [0.717, 1.165) is 0 Å². The summed E-state index contributed by atoms with van der Waals surface area (Å²) in [6.07, 6.45) is 0.867. The number of rotatable bonds is 4. The maximum atomic E-state index is 11.0. The lowest BCUT2D eigenvalue weighted by molar-refractivity contribution is -0.194. The maximum absolute atomic E-state index is 11.0. The fraction of sp³-hybridized carbons (Fsp3) is 0.700. The first-order chi connectivity index (χ1) is 7.22. The molecule has 1 atom stereocenters. The maximum Gasteiger partial charge on any atom is 0.334 e. The van der Waals surface area contributed by atoms with Crippen molar-refractivity contribution in [1.29, 1.82) is 0 Å². The predicted molar refractivity (Wildman–Crippen MR) is 52.0 cm³/mol. The Morgan fingerprint density at radius 1 is 1.53 bits per heavy atom. The van der Waals surface area contributed by atoms with E-state index in [-0.39, 0.29) is 0 Å². The molecule has 0 N–H and O–H groups in total. The Morgan fingerprint density at radius 2 is 2.33 bits per heavy atom. The van der Waals surface area contributed by atoms with Crippen LogP contribution in [-0.2, 0) is 23.7 Å². The minimum Gasteiger partial charge on any atom is -0.467 e. The fourth-order valence-electron chi connectivity index (χ4n) is 1.13. The molecule has 1 aliphatic heterocycles. The number of hydrogen-bond donors (Lipinski definition) is 0. The van der Waals surface area contributed by atoms with Crippen molar-refractivity contribution in [2.75, 3.05) is 26.4 Å². The Labute approximate surface area is 88.9 Å². The molecule has 1 unspecified atom stereocenters.